The molecule has 0 amide bonds. The van der Waals surface area contributed by atoms with Crippen molar-refractivity contribution in [2.75, 3.05) is 0 Å². The number of rotatable bonds is 4. The van der Waals surface area contributed by atoms with Crippen LogP contribution in [0.15, 0.2) is 95.3 Å². The fourth-order valence-electron chi connectivity index (χ4n) is 2.80. The zero-order valence-corrected chi connectivity index (χ0v) is 14.9. The lowest BCUT2D eigenvalue weighted by Gasteiger charge is -2.09. The van der Waals surface area contributed by atoms with Gasteiger partial charge in [-0.05, 0) is 47.5 Å². The van der Waals surface area contributed by atoms with Gasteiger partial charge in [0.2, 0.25) is 0 Å². The molecule has 0 aliphatic rings. The minimum Gasteiger partial charge on any atom is -0.312 e. The molecule has 0 N–H and O–H groups in total. The third kappa shape index (κ3) is 3.65. The number of hydrogen-bond acceptors (Lipinski definition) is 2. The molecule has 0 bridgehead atoms. The molecule has 0 spiro atoms. The molecule has 0 radical (unpaired) electrons. The van der Waals surface area contributed by atoms with Crippen molar-refractivity contribution < 1.29 is 4.39 Å². The van der Waals surface area contributed by atoms with E-state index in [4.69, 9.17) is 4.99 Å². The second-order valence-corrected chi connectivity index (χ2v) is 6.77. The summed E-state index contributed by atoms with van der Waals surface area (Å²) < 4.78 is 15.5. The molecule has 4 aromatic rings. The number of aromatic nitrogens is 1. The van der Waals surface area contributed by atoms with Gasteiger partial charge in [0.15, 0.2) is 4.80 Å². The fraction of sp³-hybridized carbons (Fsp3) is 0.0455. The maximum Gasteiger partial charge on any atom is 0.190 e. The van der Waals surface area contributed by atoms with Gasteiger partial charge in [-0.15, -0.1) is 11.3 Å². The minimum atomic E-state index is -0.229. The van der Waals surface area contributed by atoms with E-state index in [2.05, 4.69) is 22.1 Å². The summed E-state index contributed by atoms with van der Waals surface area (Å²) in [5.74, 6) is -0.229. The van der Waals surface area contributed by atoms with E-state index >= 15 is 0 Å². The molecular weight excluding hydrogens is 343 g/mol. The third-order valence-electron chi connectivity index (χ3n) is 4.10. The highest BCUT2D eigenvalue weighted by atomic mass is 32.1. The second kappa shape index (κ2) is 7.50. The van der Waals surface area contributed by atoms with Gasteiger partial charge in [0, 0.05) is 5.38 Å². The molecule has 0 atom stereocenters. The first kappa shape index (κ1) is 16.5. The summed E-state index contributed by atoms with van der Waals surface area (Å²) >= 11 is 1.59. The van der Waals surface area contributed by atoms with E-state index in [1.807, 2.05) is 60.7 Å². The fourth-order valence-corrected chi connectivity index (χ4v) is 3.73. The minimum absolute atomic E-state index is 0.229. The van der Waals surface area contributed by atoms with Gasteiger partial charge in [0.05, 0.1) is 17.9 Å². The van der Waals surface area contributed by atoms with Gasteiger partial charge in [-0.1, -0.05) is 48.5 Å². The van der Waals surface area contributed by atoms with Crippen molar-refractivity contribution in [1.29, 1.82) is 0 Å². The number of nitrogens with zero attached hydrogens (tertiary/aromatic N) is 2. The van der Waals surface area contributed by atoms with Crippen LogP contribution >= 0.6 is 11.3 Å². The van der Waals surface area contributed by atoms with E-state index < -0.39 is 0 Å². The van der Waals surface area contributed by atoms with Crippen LogP contribution in [-0.4, -0.2) is 4.57 Å². The largest absolute Gasteiger partial charge is 0.312 e. The Kier molecular flexibility index (Phi) is 4.75. The molecule has 0 saturated heterocycles. The van der Waals surface area contributed by atoms with Crippen molar-refractivity contribution in [3.05, 3.63) is 106 Å². The van der Waals surface area contributed by atoms with Crippen molar-refractivity contribution in [1.82, 2.24) is 4.57 Å². The highest BCUT2D eigenvalue weighted by Crippen LogP contribution is 2.22. The third-order valence-corrected chi connectivity index (χ3v) is 4.97. The Hall–Kier alpha value is -2.98. The van der Waals surface area contributed by atoms with Crippen molar-refractivity contribution in [2.45, 2.75) is 6.54 Å². The number of halogens is 1. The number of thiazole rings is 1. The summed E-state index contributed by atoms with van der Waals surface area (Å²) in [7, 11) is 0. The van der Waals surface area contributed by atoms with Gasteiger partial charge in [-0.25, -0.2) is 9.38 Å². The molecule has 0 fully saturated rings. The quantitative estimate of drug-likeness (QED) is 0.448. The SMILES string of the molecule is Fc1ccc(-c2csc(=Nc3ccccc3)n2Cc2ccccc2)cc1. The summed E-state index contributed by atoms with van der Waals surface area (Å²) in [5.41, 5.74) is 4.13. The number of para-hydroxylation sites is 1. The van der Waals surface area contributed by atoms with Crippen molar-refractivity contribution in [2.24, 2.45) is 4.99 Å². The lowest BCUT2D eigenvalue weighted by molar-refractivity contribution is 0.628. The van der Waals surface area contributed by atoms with Gasteiger partial charge in [-0.2, -0.15) is 0 Å². The Morgan fingerprint density at radius 1 is 0.808 bits per heavy atom. The molecule has 0 aliphatic carbocycles. The summed E-state index contributed by atoms with van der Waals surface area (Å²) in [6, 6.07) is 26.8. The monoisotopic (exact) mass is 360 g/mol. The highest BCUT2D eigenvalue weighted by molar-refractivity contribution is 7.07. The van der Waals surface area contributed by atoms with Crippen LogP contribution in [0, 0.1) is 5.82 Å². The summed E-state index contributed by atoms with van der Waals surface area (Å²) in [5, 5.41) is 2.08. The first-order valence-electron chi connectivity index (χ1n) is 8.37. The number of benzene rings is 3. The van der Waals surface area contributed by atoms with Crippen LogP contribution in [0.4, 0.5) is 10.1 Å². The number of hydrogen-bond donors (Lipinski definition) is 0. The van der Waals surface area contributed by atoms with Crippen LogP contribution in [0.2, 0.25) is 0 Å². The van der Waals surface area contributed by atoms with Gasteiger partial charge in [0.25, 0.3) is 0 Å². The van der Waals surface area contributed by atoms with E-state index in [1.54, 1.807) is 11.3 Å². The standard InChI is InChI=1S/C22H17FN2S/c23-19-13-11-18(12-14-19)21-16-26-22(24-20-9-5-2-6-10-20)25(21)15-17-7-3-1-4-8-17/h1-14,16H,15H2. The van der Waals surface area contributed by atoms with E-state index in [-0.39, 0.29) is 5.82 Å². The van der Waals surface area contributed by atoms with Crippen molar-refractivity contribution in [3.8, 4) is 11.3 Å². The van der Waals surface area contributed by atoms with E-state index in [9.17, 15) is 4.39 Å². The predicted octanol–water partition coefficient (Wildman–Crippen LogP) is 5.64. The zero-order chi connectivity index (χ0) is 17.8. The van der Waals surface area contributed by atoms with Crippen LogP contribution < -0.4 is 4.80 Å². The molecule has 0 saturated carbocycles. The average Bonchev–Trinajstić information content (AvgIpc) is 3.06. The Balaban J connectivity index is 1.84. The lowest BCUT2D eigenvalue weighted by atomic mass is 10.1. The maximum absolute atomic E-state index is 13.3. The zero-order valence-electron chi connectivity index (χ0n) is 14.0. The molecule has 2 nitrogen and oxygen atoms in total. The van der Waals surface area contributed by atoms with Crippen LogP contribution in [0.3, 0.4) is 0 Å². The Morgan fingerprint density at radius 3 is 2.15 bits per heavy atom. The first-order valence-corrected chi connectivity index (χ1v) is 9.25. The van der Waals surface area contributed by atoms with Gasteiger partial charge in [0.1, 0.15) is 5.82 Å². The summed E-state index contributed by atoms with van der Waals surface area (Å²) in [6.45, 7) is 0.711. The van der Waals surface area contributed by atoms with Crippen molar-refractivity contribution in [3.63, 3.8) is 0 Å². The molecule has 128 valence electrons. The van der Waals surface area contributed by atoms with E-state index in [0.29, 0.717) is 6.54 Å². The Bertz CT molecular complexity index is 1050. The summed E-state index contributed by atoms with van der Waals surface area (Å²) in [4.78, 5) is 5.72. The van der Waals surface area contributed by atoms with Crippen LogP contribution in [0.1, 0.15) is 5.56 Å². The predicted molar refractivity (Wildman–Crippen MR) is 105 cm³/mol. The van der Waals surface area contributed by atoms with Crippen LogP contribution in [0.5, 0.6) is 0 Å². The van der Waals surface area contributed by atoms with Gasteiger partial charge >= 0.3 is 0 Å². The second-order valence-electron chi connectivity index (χ2n) is 5.93. The van der Waals surface area contributed by atoms with Crippen LogP contribution in [-0.2, 0) is 6.54 Å². The van der Waals surface area contributed by atoms with E-state index in [0.717, 1.165) is 21.7 Å². The first-order chi connectivity index (χ1) is 12.8. The molecule has 4 heteroatoms. The smallest absolute Gasteiger partial charge is 0.190 e. The lowest BCUT2D eigenvalue weighted by Crippen LogP contribution is -2.16. The Labute approximate surface area is 155 Å². The maximum atomic E-state index is 13.3. The normalized spacial score (nSPS) is 11.7. The molecular formula is C22H17FN2S. The average molecular weight is 360 g/mol. The molecule has 0 aliphatic heterocycles. The van der Waals surface area contributed by atoms with Gasteiger partial charge < -0.3 is 4.57 Å². The summed E-state index contributed by atoms with van der Waals surface area (Å²) in [6.07, 6.45) is 0. The van der Waals surface area contributed by atoms with Gasteiger partial charge in [-0.3, -0.25) is 0 Å². The topological polar surface area (TPSA) is 17.3 Å². The van der Waals surface area contributed by atoms with E-state index in [1.165, 1.54) is 17.7 Å². The van der Waals surface area contributed by atoms with Crippen LogP contribution in [0.25, 0.3) is 11.3 Å². The molecule has 0 unspecified atom stereocenters. The Morgan fingerprint density at radius 2 is 1.46 bits per heavy atom. The molecule has 26 heavy (non-hydrogen) atoms. The molecule has 4 rings (SSSR count). The molecule has 1 aromatic heterocycles. The molecule has 3 aromatic carbocycles. The van der Waals surface area contributed by atoms with Crippen molar-refractivity contribution >= 4 is 17.0 Å². The molecule has 1 heterocycles. The highest BCUT2D eigenvalue weighted by Gasteiger charge is 2.09.